The van der Waals surface area contributed by atoms with Gasteiger partial charge in [-0.05, 0) is 48.7 Å². The van der Waals surface area contributed by atoms with Gasteiger partial charge >= 0.3 is 0 Å². The van der Waals surface area contributed by atoms with Gasteiger partial charge in [0, 0.05) is 17.1 Å². The van der Waals surface area contributed by atoms with Gasteiger partial charge in [0.25, 0.3) is 0 Å². The minimum Gasteiger partial charge on any atom is -0.310 e. The molecule has 3 rings (SSSR count). The Labute approximate surface area is 241 Å². The highest BCUT2D eigenvalue weighted by Crippen LogP contribution is 2.36. The summed E-state index contributed by atoms with van der Waals surface area (Å²) in [5.41, 5.74) is 5.19. The van der Waals surface area contributed by atoms with Crippen LogP contribution in [0.25, 0.3) is 0 Å². The Morgan fingerprint density at radius 1 is 0.385 bits per heavy atom. The van der Waals surface area contributed by atoms with Crippen molar-refractivity contribution in [1.82, 2.24) is 0 Å². The van der Waals surface area contributed by atoms with Crippen molar-refractivity contribution >= 4 is 17.1 Å². The van der Waals surface area contributed by atoms with Gasteiger partial charge in [-0.25, -0.2) is 0 Å². The Kier molecular flexibility index (Phi) is 16.2. The standard InChI is InChI=1S/C38H55N/c1-2-3-4-5-6-7-8-9-10-11-12-13-14-15-16-17-18-21-28-35-29-26-27-34-38(35)39(36-30-22-19-23-31-36)37-32-24-20-25-33-37/h19-20,22-27,29-34H,2-18,21,28H2,1H3. The van der Waals surface area contributed by atoms with E-state index < -0.39 is 0 Å². The predicted octanol–water partition coefficient (Wildman–Crippen LogP) is 12.7. The molecule has 3 aromatic carbocycles. The quantitative estimate of drug-likeness (QED) is 0.118. The third kappa shape index (κ3) is 12.5. The molecular weight excluding hydrogens is 470 g/mol. The molecule has 3 aromatic rings. The highest BCUT2D eigenvalue weighted by atomic mass is 15.1. The van der Waals surface area contributed by atoms with E-state index in [1.54, 1.807) is 0 Å². The molecule has 1 nitrogen and oxygen atoms in total. The SMILES string of the molecule is CCCCCCCCCCCCCCCCCCCCc1ccccc1N(c1ccccc1)c1ccccc1. The molecule has 0 bridgehead atoms. The fraction of sp³-hybridized carbons (Fsp3) is 0.526. The third-order valence-corrected chi connectivity index (χ3v) is 8.06. The molecule has 0 N–H and O–H groups in total. The van der Waals surface area contributed by atoms with Crippen LogP contribution in [0.2, 0.25) is 0 Å². The number of hydrogen-bond acceptors (Lipinski definition) is 1. The second kappa shape index (κ2) is 20.4. The van der Waals surface area contributed by atoms with Crippen molar-refractivity contribution < 1.29 is 0 Å². The molecule has 0 saturated carbocycles. The number of hydrogen-bond donors (Lipinski definition) is 0. The Hall–Kier alpha value is -2.54. The lowest BCUT2D eigenvalue weighted by Crippen LogP contribution is -2.12. The van der Waals surface area contributed by atoms with E-state index in [1.807, 2.05) is 0 Å². The lowest BCUT2D eigenvalue weighted by atomic mass is 10.0. The summed E-state index contributed by atoms with van der Waals surface area (Å²) in [6.07, 6.45) is 26.8. The summed E-state index contributed by atoms with van der Waals surface area (Å²) >= 11 is 0. The zero-order chi connectivity index (χ0) is 27.2. The largest absolute Gasteiger partial charge is 0.310 e. The maximum atomic E-state index is 2.41. The van der Waals surface area contributed by atoms with Crippen LogP contribution in [-0.4, -0.2) is 0 Å². The van der Waals surface area contributed by atoms with Crippen molar-refractivity contribution in [2.75, 3.05) is 4.90 Å². The molecule has 0 aliphatic carbocycles. The maximum absolute atomic E-state index is 2.41. The summed E-state index contributed by atoms with van der Waals surface area (Å²) in [6, 6.07) is 30.5. The molecule has 1 heteroatoms. The molecule has 0 atom stereocenters. The zero-order valence-electron chi connectivity index (χ0n) is 25.0. The second-order valence-electron chi connectivity index (χ2n) is 11.4. The summed E-state index contributed by atoms with van der Waals surface area (Å²) in [4.78, 5) is 2.41. The number of aryl methyl sites for hydroxylation is 1. The minimum absolute atomic E-state index is 1.14. The van der Waals surface area contributed by atoms with Gasteiger partial charge < -0.3 is 4.90 Å². The predicted molar refractivity (Wildman–Crippen MR) is 174 cm³/mol. The fourth-order valence-corrected chi connectivity index (χ4v) is 5.74. The van der Waals surface area contributed by atoms with Gasteiger partial charge in [-0.1, -0.05) is 171 Å². The van der Waals surface area contributed by atoms with E-state index in [1.165, 1.54) is 138 Å². The van der Waals surface area contributed by atoms with Crippen LogP contribution in [0.5, 0.6) is 0 Å². The molecule has 0 spiro atoms. The van der Waals surface area contributed by atoms with Gasteiger partial charge in [0.1, 0.15) is 0 Å². The van der Waals surface area contributed by atoms with Gasteiger partial charge in [-0.15, -0.1) is 0 Å². The van der Waals surface area contributed by atoms with Crippen LogP contribution in [0.15, 0.2) is 84.9 Å². The fourth-order valence-electron chi connectivity index (χ4n) is 5.74. The van der Waals surface area contributed by atoms with Crippen LogP contribution in [0.1, 0.15) is 128 Å². The van der Waals surface area contributed by atoms with E-state index in [9.17, 15) is 0 Å². The summed E-state index contributed by atoms with van der Waals surface area (Å²) in [5.74, 6) is 0. The van der Waals surface area contributed by atoms with Crippen molar-refractivity contribution in [3.8, 4) is 0 Å². The van der Waals surface area contributed by atoms with Crippen molar-refractivity contribution in [1.29, 1.82) is 0 Å². The van der Waals surface area contributed by atoms with Crippen LogP contribution in [0.3, 0.4) is 0 Å². The van der Waals surface area contributed by atoms with E-state index in [0.29, 0.717) is 0 Å². The van der Waals surface area contributed by atoms with Crippen LogP contribution < -0.4 is 4.90 Å². The van der Waals surface area contributed by atoms with Gasteiger partial charge in [0.2, 0.25) is 0 Å². The van der Waals surface area contributed by atoms with E-state index in [4.69, 9.17) is 0 Å². The highest BCUT2D eigenvalue weighted by Gasteiger charge is 2.15. The van der Waals surface area contributed by atoms with Gasteiger partial charge in [-0.3, -0.25) is 0 Å². The smallest absolute Gasteiger partial charge is 0.0493 e. The minimum atomic E-state index is 1.14. The van der Waals surface area contributed by atoms with Gasteiger partial charge in [-0.2, -0.15) is 0 Å². The summed E-state index contributed by atoms with van der Waals surface area (Å²) < 4.78 is 0. The van der Waals surface area contributed by atoms with E-state index in [0.717, 1.165) is 6.42 Å². The average Bonchev–Trinajstić information content (AvgIpc) is 2.98. The summed E-state index contributed by atoms with van der Waals surface area (Å²) in [6.45, 7) is 2.30. The first-order valence-electron chi connectivity index (χ1n) is 16.4. The normalized spacial score (nSPS) is 11.1. The Morgan fingerprint density at radius 2 is 0.744 bits per heavy atom. The first kappa shape index (κ1) is 31.0. The molecule has 0 aliphatic rings. The monoisotopic (exact) mass is 525 g/mol. The number of anilines is 3. The Balaban J connectivity index is 1.28. The van der Waals surface area contributed by atoms with Crippen molar-refractivity contribution in [2.24, 2.45) is 0 Å². The molecule has 0 aliphatic heterocycles. The lowest BCUT2D eigenvalue weighted by molar-refractivity contribution is 0.525. The molecule has 212 valence electrons. The molecule has 39 heavy (non-hydrogen) atoms. The average molecular weight is 526 g/mol. The second-order valence-corrected chi connectivity index (χ2v) is 11.4. The zero-order valence-corrected chi connectivity index (χ0v) is 25.0. The molecular formula is C38H55N. The summed E-state index contributed by atoms with van der Waals surface area (Å²) in [5, 5.41) is 0. The molecule has 0 saturated heterocycles. The van der Waals surface area contributed by atoms with Crippen molar-refractivity contribution in [2.45, 2.75) is 129 Å². The van der Waals surface area contributed by atoms with E-state index in [2.05, 4.69) is 96.8 Å². The first-order chi connectivity index (χ1) is 19.4. The third-order valence-electron chi connectivity index (χ3n) is 8.06. The van der Waals surface area contributed by atoms with Gasteiger partial charge in [0.05, 0.1) is 0 Å². The molecule has 0 radical (unpaired) electrons. The summed E-state index contributed by atoms with van der Waals surface area (Å²) in [7, 11) is 0. The van der Waals surface area contributed by atoms with E-state index >= 15 is 0 Å². The lowest BCUT2D eigenvalue weighted by Gasteiger charge is -2.27. The first-order valence-corrected chi connectivity index (χ1v) is 16.4. The molecule has 0 unspecified atom stereocenters. The molecule has 0 amide bonds. The topological polar surface area (TPSA) is 3.24 Å². The van der Waals surface area contributed by atoms with Crippen LogP contribution in [0.4, 0.5) is 17.1 Å². The Bertz CT molecular complexity index is 925. The number of unbranched alkanes of at least 4 members (excludes halogenated alkanes) is 17. The molecule has 0 fully saturated rings. The number of rotatable bonds is 22. The maximum Gasteiger partial charge on any atom is 0.0493 e. The Morgan fingerprint density at radius 3 is 1.18 bits per heavy atom. The highest BCUT2D eigenvalue weighted by molar-refractivity contribution is 5.78. The number of nitrogens with zero attached hydrogens (tertiary/aromatic N) is 1. The van der Waals surface area contributed by atoms with Crippen LogP contribution >= 0.6 is 0 Å². The van der Waals surface area contributed by atoms with Crippen molar-refractivity contribution in [3.63, 3.8) is 0 Å². The molecule has 0 heterocycles. The number of benzene rings is 3. The van der Waals surface area contributed by atoms with E-state index in [-0.39, 0.29) is 0 Å². The van der Waals surface area contributed by atoms with Crippen LogP contribution in [-0.2, 0) is 6.42 Å². The van der Waals surface area contributed by atoms with Crippen molar-refractivity contribution in [3.05, 3.63) is 90.5 Å². The molecule has 0 aromatic heterocycles. The van der Waals surface area contributed by atoms with Crippen LogP contribution in [0, 0.1) is 0 Å². The van der Waals surface area contributed by atoms with Gasteiger partial charge in [0.15, 0.2) is 0 Å². The number of para-hydroxylation sites is 3.